The molecule has 0 radical (unpaired) electrons. The lowest BCUT2D eigenvalue weighted by atomic mass is 10.2. The van der Waals surface area contributed by atoms with Gasteiger partial charge < -0.3 is 15.2 Å². The summed E-state index contributed by atoms with van der Waals surface area (Å²) in [5.41, 5.74) is 6.64. The number of hydrogen-bond donors (Lipinski definition) is 1. The summed E-state index contributed by atoms with van der Waals surface area (Å²) < 4.78 is 36.2. The number of nitrogens with zero attached hydrogens (tertiary/aromatic N) is 2. The molecule has 3 rings (SSSR count). The summed E-state index contributed by atoms with van der Waals surface area (Å²) in [7, 11) is -3.55. The van der Waals surface area contributed by atoms with Crippen LogP contribution in [0, 0.1) is 0 Å². The fourth-order valence-corrected chi connectivity index (χ4v) is 3.25. The summed E-state index contributed by atoms with van der Waals surface area (Å²) in [6.07, 6.45) is 2.51. The third kappa shape index (κ3) is 3.72. The number of hydrogen-bond acceptors (Lipinski definition) is 7. The standard InChI is InChI=1S/C16H17N3O5S/c1-25(21,22)19(13-4-5-15-16(6-13)24-10-23-15)9-12-3-2-11(8-18-12)14(20)7-17/h2-6,8H,7,9-10,17H2,1H3. The highest BCUT2D eigenvalue weighted by molar-refractivity contribution is 7.92. The number of ether oxygens (including phenoxy) is 2. The molecule has 1 aromatic heterocycles. The van der Waals surface area contributed by atoms with Crippen LogP contribution in [-0.4, -0.2) is 38.8 Å². The molecular formula is C16H17N3O5S. The van der Waals surface area contributed by atoms with E-state index in [2.05, 4.69) is 4.98 Å². The van der Waals surface area contributed by atoms with Crippen LogP contribution in [0.2, 0.25) is 0 Å². The Morgan fingerprint density at radius 3 is 2.64 bits per heavy atom. The van der Waals surface area contributed by atoms with Crippen LogP contribution in [0.3, 0.4) is 0 Å². The smallest absolute Gasteiger partial charge is 0.232 e. The summed E-state index contributed by atoms with van der Waals surface area (Å²) in [6.45, 7) is 0.0269. The van der Waals surface area contributed by atoms with E-state index < -0.39 is 10.0 Å². The first-order chi connectivity index (χ1) is 11.9. The van der Waals surface area contributed by atoms with Crippen molar-refractivity contribution in [3.05, 3.63) is 47.8 Å². The normalized spacial score (nSPS) is 12.9. The first kappa shape index (κ1) is 17.2. The van der Waals surface area contributed by atoms with Crippen LogP contribution in [-0.2, 0) is 16.6 Å². The molecule has 0 spiro atoms. The molecule has 8 nitrogen and oxygen atoms in total. The summed E-state index contributed by atoms with van der Waals surface area (Å²) in [6, 6.07) is 8.09. The minimum Gasteiger partial charge on any atom is -0.454 e. The second-order valence-corrected chi connectivity index (χ2v) is 7.38. The van der Waals surface area contributed by atoms with Crippen molar-refractivity contribution in [1.82, 2.24) is 4.98 Å². The van der Waals surface area contributed by atoms with Crippen molar-refractivity contribution < 1.29 is 22.7 Å². The molecule has 0 bridgehead atoms. The van der Waals surface area contributed by atoms with Crippen LogP contribution in [0.15, 0.2) is 36.5 Å². The molecule has 1 aromatic carbocycles. The second-order valence-electron chi connectivity index (χ2n) is 5.47. The highest BCUT2D eigenvalue weighted by Crippen LogP contribution is 2.36. The molecule has 0 fully saturated rings. The molecule has 2 N–H and O–H groups in total. The van der Waals surface area contributed by atoms with E-state index in [0.29, 0.717) is 28.4 Å². The molecule has 2 aromatic rings. The Morgan fingerprint density at radius 2 is 2.00 bits per heavy atom. The summed E-state index contributed by atoms with van der Waals surface area (Å²) in [5, 5.41) is 0. The molecular weight excluding hydrogens is 346 g/mol. The average Bonchev–Trinajstić information content (AvgIpc) is 3.06. The molecule has 0 saturated heterocycles. The predicted molar refractivity (Wildman–Crippen MR) is 91.2 cm³/mol. The number of benzene rings is 1. The number of sulfonamides is 1. The van der Waals surface area contributed by atoms with Gasteiger partial charge in [0.2, 0.25) is 16.8 Å². The maximum Gasteiger partial charge on any atom is 0.232 e. The number of anilines is 1. The number of carbonyl (C=O) groups is 1. The Kier molecular flexibility index (Phi) is 4.60. The lowest BCUT2D eigenvalue weighted by Crippen LogP contribution is -2.29. The SMILES string of the molecule is CS(=O)(=O)N(Cc1ccc(C(=O)CN)cn1)c1ccc2c(c1)OCO2. The van der Waals surface area contributed by atoms with Crippen LogP contribution < -0.4 is 19.5 Å². The highest BCUT2D eigenvalue weighted by atomic mass is 32.2. The number of nitrogens with two attached hydrogens (primary N) is 1. The summed E-state index contributed by atoms with van der Waals surface area (Å²) in [5.74, 6) is 0.831. The first-order valence-corrected chi connectivity index (χ1v) is 9.29. The number of Topliss-reactive ketones (excluding diaryl/α,β-unsaturated/α-hetero) is 1. The van der Waals surface area contributed by atoms with E-state index in [1.807, 2.05) is 0 Å². The minimum absolute atomic E-state index is 0.0234. The van der Waals surface area contributed by atoms with E-state index in [1.165, 1.54) is 10.5 Å². The van der Waals surface area contributed by atoms with Gasteiger partial charge in [0.15, 0.2) is 17.3 Å². The molecule has 0 saturated carbocycles. The number of ketones is 1. The maximum absolute atomic E-state index is 12.2. The first-order valence-electron chi connectivity index (χ1n) is 7.44. The van der Waals surface area contributed by atoms with Crippen molar-refractivity contribution in [2.45, 2.75) is 6.54 Å². The van der Waals surface area contributed by atoms with Gasteiger partial charge in [-0.15, -0.1) is 0 Å². The molecule has 1 aliphatic heterocycles. The zero-order chi connectivity index (χ0) is 18.0. The Bertz CT molecular complexity index is 896. The number of pyridine rings is 1. The molecule has 25 heavy (non-hydrogen) atoms. The van der Waals surface area contributed by atoms with Crippen molar-refractivity contribution in [2.75, 3.05) is 23.9 Å². The van der Waals surface area contributed by atoms with Crippen molar-refractivity contribution in [2.24, 2.45) is 5.73 Å². The number of carbonyl (C=O) groups excluding carboxylic acids is 1. The van der Waals surface area contributed by atoms with Crippen molar-refractivity contribution in [3.8, 4) is 11.5 Å². The summed E-state index contributed by atoms with van der Waals surface area (Å²) in [4.78, 5) is 15.7. The number of aromatic nitrogens is 1. The Morgan fingerprint density at radius 1 is 1.24 bits per heavy atom. The Hall–Kier alpha value is -2.65. The molecule has 0 aliphatic carbocycles. The quantitative estimate of drug-likeness (QED) is 0.759. The van der Waals surface area contributed by atoms with Gasteiger partial charge in [0.1, 0.15) is 0 Å². The molecule has 0 amide bonds. The lowest BCUT2D eigenvalue weighted by Gasteiger charge is -2.22. The van der Waals surface area contributed by atoms with Gasteiger partial charge in [-0.05, 0) is 24.3 Å². The van der Waals surface area contributed by atoms with E-state index in [0.717, 1.165) is 6.26 Å². The Balaban J connectivity index is 1.89. The maximum atomic E-state index is 12.2. The fraction of sp³-hybridized carbons (Fsp3) is 0.250. The molecule has 132 valence electrons. The number of fused-ring (bicyclic) bond motifs is 1. The van der Waals surface area contributed by atoms with E-state index in [4.69, 9.17) is 15.2 Å². The van der Waals surface area contributed by atoms with Crippen LogP contribution in [0.1, 0.15) is 16.1 Å². The fourth-order valence-electron chi connectivity index (χ4n) is 2.39. The third-order valence-corrected chi connectivity index (χ3v) is 4.82. The van der Waals surface area contributed by atoms with Gasteiger partial charge in [-0.25, -0.2) is 8.42 Å². The zero-order valence-corrected chi connectivity index (χ0v) is 14.3. The van der Waals surface area contributed by atoms with Crippen molar-refractivity contribution in [3.63, 3.8) is 0 Å². The largest absolute Gasteiger partial charge is 0.454 e. The predicted octanol–water partition coefficient (Wildman–Crippen LogP) is 0.918. The van der Waals surface area contributed by atoms with Gasteiger partial charge in [0.05, 0.1) is 30.7 Å². The van der Waals surface area contributed by atoms with Crippen LogP contribution in [0.5, 0.6) is 11.5 Å². The molecule has 0 unspecified atom stereocenters. The monoisotopic (exact) mass is 363 g/mol. The van der Waals surface area contributed by atoms with Crippen molar-refractivity contribution >= 4 is 21.5 Å². The average molecular weight is 363 g/mol. The topological polar surface area (TPSA) is 112 Å². The van der Waals surface area contributed by atoms with Crippen LogP contribution in [0.25, 0.3) is 0 Å². The molecule has 0 atom stereocenters. The molecule has 9 heteroatoms. The highest BCUT2D eigenvalue weighted by Gasteiger charge is 2.22. The van der Waals surface area contributed by atoms with E-state index in [9.17, 15) is 13.2 Å². The van der Waals surface area contributed by atoms with Crippen LogP contribution >= 0.6 is 0 Å². The Labute approximate surface area is 145 Å². The lowest BCUT2D eigenvalue weighted by molar-refractivity contribution is 0.100. The third-order valence-electron chi connectivity index (χ3n) is 3.68. The van der Waals surface area contributed by atoms with Gasteiger partial charge in [0, 0.05) is 17.8 Å². The van der Waals surface area contributed by atoms with Gasteiger partial charge in [-0.3, -0.25) is 14.1 Å². The van der Waals surface area contributed by atoms with Gasteiger partial charge in [-0.2, -0.15) is 0 Å². The van der Waals surface area contributed by atoms with E-state index in [-0.39, 0.29) is 25.7 Å². The second kappa shape index (κ2) is 6.69. The van der Waals surface area contributed by atoms with E-state index in [1.54, 1.807) is 30.3 Å². The molecule has 2 heterocycles. The van der Waals surface area contributed by atoms with Gasteiger partial charge in [0.25, 0.3) is 0 Å². The van der Waals surface area contributed by atoms with Crippen molar-refractivity contribution in [1.29, 1.82) is 0 Å². The minimum atomic E-state index is -3.55. The summed E-state index contributed by atoms with van der Waals surface area (Å²) >= 11 is 0. The number of rotatable bonds is 6. The molecule has 1 aliphatic rings. The van der Waals surface area contributed by atoms with Gasteiger partial charge in [-0.1, -0.05) is 0 Å². The van der Waals surface area contributed by atoms with E-state index >= 15 is 0 Å². The zero-order valence-electron chi connectivity index (χ0n) is 13.5. The van der Waals surface area contributed by atoms with Gasteiger partial charge >= 0.3 is 0 Å². The van der Waals surface area contributed by atoms with Crippen LogP contribution in [0.4, 0.5) is 5.69 Å².